The van der Waals surface area contributed by atoms with E-state index in [1.807, 2.05) is 54.4 Å². The Bertz CT molecular complexity index is 858. The van der Waals surface area contributed by atoms with Crippen LogP contribution in [0.1, 0.15) is 21.5 Å². The first-order chi connectivity index (χ1) is 12.2. The summed E-state index contributed by atoms with van der Waals surface area (Å²) in [5.74, 6) is 1.92. The molecule has 2 aliphatic heterocycles. The van der Waals surface area contributed by atoms with Crippen molar-refractivity contribution in [3.05, 3.63) is 58.8 Å². The normalized spacial score (nSPS) is 15.3. The molecule has 0 aromatic heterocycles. The monoisotopic (exact) mass is 337 g/mol. The van der Waals surface area contributed by atoms with Crippen LogP contribution in [0.2, 0.25) is 0 Å². The number of benzene rings is 2. The fourth-order valence-electron chi connectivity index (χ4n) is 3.28. The molecule has 5 nitrogen and oxygen atoms in total. The second-order valence-corrected chi connectivity index (χ2v) is 6.11. The summed E-state index contributed by atoms with van der Waals surface area (Å²) in [5.41, 5.74) is 3.28. The lowest BCUT2D eigenvalue weighted by atomic mass is 10.0. The summed E-state index contributed by atoms with van der Waals surface area (Å²) in [6, 6.07) is 11.3. The Morgan fingerprint density at radius 2 is 2.00 bits per heavy atom. The highest BCUT2D eigenvalue weighted by atomic mass is 16.7. The summed E-state index contributed by atoms with van der Waals surface area (Å²) in [6.45, 7) is 0.925. The first kappa shape index (κ1) is 15.6. The molecule has 0 aliphatic carbocycles. The van der Waals surface area contributed by atoms with Gasteiger partial charge in [-0.3, -0.25) is 4.79 Å². The van der Waals surface area contributed by atoms with Crippen molar-refractivity contribution in [1.29, 1.82) is 0 Å². The zero-order valence-corrected chi connectivity index (χ0v) is 14.2. The Morgan fingerprint density at radius 1 is 1.20 bits per heavy atom. The lowest BCUT2D eigenvalue weighted by Gasteiger charge is -2.19. The first-order valence-corrected chi connectivity index (χ1v) is 8.21. The average molecular weight is 337 g/mol. The zero-order chi connectivity index (χ0) is 17.4. The molecule has 2 aliphatic rings. The van der Waals surface area contributed by atoms with Crippen molar-refractivity contribution in [1.82, 2.24) is 4.90 Å². The van der Waals surface area contributed by atoms with E-state index in [2.05, 4.69) is 0 Å². The number of ether oxygens (including phenoxy) is 3. The van der Waals surface area contributed by atoms with Crippen molar-refractivity contribution in [2.45, 2.75) is 6.42 Å². The second kappa shape index (κ2) is 6.16. The molecule has 0 N–H and O–H groups in total. The molecule has 128 valence electrons. The van der Waals surface area contributed by atoms with Crippen LogP contribution in [0.3, 0.4) is 0 Å². The maximum Gasteiger partial charge on any atom is 0.231 e. The number of hydrogen-bond donors (Lipinski definition) is 0. The van der Waals surface area contributed by atoms with E-state index in [0.717, 1.165) is 24.1 Å². The largest absolute Gasteiger partial charge is 0.492 e. The number of ketones is 1. The van der Waals surface area contributed by atoms with Crippen LogP contribution in [0.25, 0.3) is 6.08 Å². The lowest BCUT2D eigenvalue weighted by Crippen LogP contribution is -2.24. The number of carbonyl (C=O) groups is 1. The number of rotatable bonds is 3. The van der Waals surface area contributed by atoms with Gasteiger partial charge >= 0.3 is 0 Å². The molecule has 0 fully saturated rings. The van der Waals surface area contributed by atoms with Gasteiger partial charge in [0.15, 0.2) is 11.5 Å². The Labute approximate surface area is 146 Å². The molecule has 2 aromatic carbocycles. The summed E-state index contributed by atoms with van der Waals surface area (Å²) >= 11 is 0. The maximum absolute atomic E-state index is 13.0. The molecule has 0 spiro atoms. The van der Waals surface area contributed by atoms with Crippen molar-refractivity contribution in [2.75, 3.05) is 27.5 Å². The minimum Gasteiger partial charge on any atom is -0.492 e. The fourth-order valence-corrected chi connectivity index (χ4v) is 3.28. The SMILES string of the molecule is COc1c2c(cc3c1OCO3)CCN(C)C(C(=O)c1ccccc1)=C2. The van der Waals surface area contributed by atoms with E-state index in [1.165, 1.54) is 0 Å². The van der Waals surface area contributed by atoms with Crippen molar-refractivity contribution >= 4 is 11.9 Å². The van der Waals surface area contributed by atoms with Crippen molar-refractivity contribution in [3.8, 4) is 17.2 Å². The zero-order valence-electron chi connectivity index (χ0n) is 14.2. The van der Waals surface area contributed by atoms with Gasteiger partial charge in [0.1, 0.15) is 0 Å². The molecule has 4 rings (SSSR count). The van der Waals surface area contributed by atoms with Crippen LogP contribution in [0.4, 0.5) is 0 Å². The molecule has 0 atom stereocenters. The van der Waals surface area contributed by atoms with Gasteiger partial charge in [-0.1, -0.05) is 30.3 Å². The summed E-state index contributed by atoms with van der Waals surface area (Å²) < 4.78 is 16.7. The number of fused-ring (bicyclic) bond motifs is 2. The van der Waals surface area contributed by atoms with E-state index in [1.54, 1.807) is 7.11 Å². The van der Waals surface area contributed by atoms with E-state index in [0.29, 0.717) is 28.5 Å². The number of Topliss-reactive ketones (excluding diaryl/α,β-unsaturated/α-hetero) is 1. The van der Waals surface area contributed by atoms with Crippen molar-refractivity contribution in [2.24, 2.45) is 0 Å². The topological polar surface area (TPSA) is 48.0 Å². The minimum atomic E-state index is -0.00401. The van der Waals surface area contributed by atoms with Crippen LogP contribution < -0.4 is 14.2 Å². The van der Waals surface area contributed by atoms with Gasteiger partial charge in [-0.25, -0.2) is 0 Å². The smallest absolute Gasteiger partial charge is 0.231 e. The average Bonchev–Trinajstić information content (AvgIpc) is 3.05. The number of allylic oxidation sites excluding steroid dienone is 1. The third-order valence-corrected chi connectivity index (χ3v) is 4.63. The van der Waals surface area contributed by atoms with Gasteiger partial charge in [-0.15, -0.1) is 0 Å². The van der Waals surface area contributed by atoms with Crippen LogP contribution in [-0.2, 0) is 6.42 Å². The molecule has 2 heterocycles. The van der Waals surface area contributed by atoms with E-state index < -0.39 is 0 Å². The Kier molecular flexibility index (Phi) is 3.84. The molecule has 0 saturated carbocycles. The predicted octanol–water partition coefficient (Wildman–Crippen LogP) is 3.14. The van der Waals surface area contributed by atoms with Crippen LogP contribution in [0.5, 0.6) is 17.2 Å². The molecular weight excluding hydrogens is 318 g/mol. The highest BCUT2D eigenvalue weighted by Gasteiger charge is 2.28. The van der Waals surface area contributed by atoms with Crippen molar-refractivity contribution < 1.29 is 19.0 Å². The Morgan fingerprint density at radius 3 is 2.76 bits per heavy atom. The molecule has 0 bridgehead atoms. The second-order valence-electron chi connectivity index (χ2n) is 6.11. The molecule has 25 heavy (non-hydrogen) atoms. The van der Waals surface area contributed by atoms with E-state index in [-0.39, 0.29) is 12.6 Å². The van der Waals surface area contributed by atoms with Crippen LogP contribution in [0, 0.1) is 0 Å². The minimum absolute atomic E-state index is 0.00401. The first-order valence-electron chi connectivity index (χ1n) is 8.21. The molecule has 5 heteroatoms. The maximum atomic E-state index is 13.0. The molecule has 0 unspecified atom stereocenters. The molecular formula is C20H19NO4. The lowest BCUT2D eigenvalue weighted by molar-refractivity contribution is 0.100. The van der Waals surface area contributed by atoms with Gasteiger partial charge in [-0.2, -0.15) is 0 Å². The van der Waals surface area contributed by atoms with Gasteiger partial charge in [0, 0.05) is 24.7 Å². The summed E-state index contributed by atoms with van der Waals surface area (Å²) in [6.07, 6.45) is 2.69. The number of methoxy groups -OCH3 is 1. The Hall–Kier alpha value is -2.95. The van der Waals surface area contributed by atoms with Gasteiger partial charge in [0.25, 0.3) is 0 Å². The Balaban J connectivity index is 1.86. The fraction of sp³-hybridized carbons (Fsp3) is 0.250. The highest BCUT2D eigenvalue weighted by Crippen LogP contribution is 2.46. The van der Waals surface area contributed by atoms with Gasteiger partial charge in [-0.05, 0) is 24.1 Å². The van der Waals surface area contributed by atoms with Gasteiger partial charge in [0.2, 0.25) is 18.3 Å². The van der Waals surface area contributed by atoms with E-state index in [4.69, 9.17) is 14.2 Å². The van der Waals surface area contributed by atoms with Crippen LogP contribution in [0.15, 0.2) is 42.1 Å². The van der Waals surface area contributed by atoms with Crippen molar-refractivity contribution in [3.63, 3.8) is 0 Å². The highest BCUT2D eigenvalue weighted by molar-refractivity contribution is 6.11. The quantitative estimate of drug-likeness (QED) is 0.806. The molecule has 0 saturated heterocycles. The van der Waals surface area contributed by atoms with Gasteiger partial charge in [0.05, 0.1) is 12.8 Å². The molecule has 0 amide bonds. The van der Waals surface area contributed by atoms with Crippen LogP contribution >= 0.6 is 0 Å². The van der Waals surface area contributed by atoms with Crippen LogP contribution in [-0.4, -0.2) is 38.2 Å². The number of carbonyl (C=O) groups excluding carboxylic acids is 1. The third kappa shape index (κ3) is 2.61. The predicted molar refractivity (Wildman–Crippen MR) is 94.2 cm³/mol. The summed E-state index contributed by atoms with van der Waals surface area (Å²) in [5, 5.41) is 0. The number of nitrogens with zero attached hydrogens (tertiary/aromatic N) is 1. The summed E-state index contributed by atoms with van der Waals surface area (Å²) in [7, 11) is 3.55. The summed E-state index contributed by atoms with van der Waals surface area (Å²) in [4.78, 5) is 15.0. The number of likely N-dealkylation sites (N-methyl/N-ethyl adjacent to an activating group) is 1. The molecule has 0 radical (unpaired) electrons. The van der Waals surface area contributed by atoms with Gasteiger partial charge < -0.3 is 19.1 Å². The third-order valence-electron chi connectivity index (χ3n) is 4.63. The standard InChI is InChI=1S/C20H19NO4/c1-21-9-8-14-10-17-20(25-12-24-17)19(23-2)15(14)11-16(21)18(22)13-6-4-3-5-7-13/h3-7,10-11H,8-9,12H2,1-2H3. The molecule has 2 aromatic rings. The van der Waals surface area contributed by atoms with E-state index in [9.17, 15) is 4.79 Å². The van der Waals surface area contributed by atoms with E-state index >= 15 is 0 Å². The number of hydrogen-bond acceptors (Lipinski definition) is 5.